The summed E-state index contributed by atoms with van der Waals surface area (Å²) in [7, 11) is 1.57. The van der Waals surface area contributed by atoms with Crippen molar-refractivity contribution in [3.8, 4) is 11.5 Å². The molecule has 0 radical (unpaired) electrons. The second-order valence-corrected chi connectivity index (χ2v) is 4.53. The summed E-state index contributed by atoms with van der Waals surface area (Å²) >= 11 is 0. The molecule has 1 aliphatic heterocycles. The van der Waals surface area contributed by atoms with Gasteiger partial charge in [0, 0.05) is 18.2 Å². The topological polar surface area (TPSA) is 65.0 Å². The van der Waals surface area contributed by atoms with Gasteiger partial charge in [0.25, 0.3) is 0 Å². The number of methoxy groups -OCH3 is 1. The fourth-order valence-electron chi connectivity index (χ4n) is 2.04. The Hall–Kier alpha value is -2.01. The maximum absolute atomic E-state index is 10.6. The maximum atomic E-state index is 10.6. The highest BCUT2D eigenvalue weighted by atomic mass is 16.5. The molecule has 0 aromatic heterocycles. The standard InChI is InChI=1S/C15H18O5/c1-18-12-5-6-14(11(9-12)4-7-15(16)17)20-13-3-2-8-19-10-13/h4-7,9,13H,2-3,8,10H2,1H3,(H,16,17)/b7-4+. The third-order valence-corrected chi connectivity index (χ3v) is 3.03. The number of carboxylic acid groups (broad SMARTS) is 1. The number of carbonyl (C=O) groups is 1. The van der Waals surface area contributed by atoms with Crippen molar-refractivity contribution >= 4 is 12.0 Å². The van der Waals surface area contributed by atoms with Crippen LogP contribution in [-0.2, 0) is 9.53 Å². The van der Waals surface area contributed by atoms with E-state index in [0.29, 0.717) is 23.7 Å². The van der Waals surface area contributed by atoms with Gasteiger partial charge in [-0.25, -0.2) is 4.79 Å². The first kappa shape index (κ1) is 14.4. The molecule has 0 saturated carbocycles. The van der Waals surface area contributed by atoms with Gasteiger partial charge in [-0.3, -0.25) is 0 Å². The van der Waals surface area contributed by atoms with Gasteiger partial charge < -0.3 is 19.3 Å². The van der Waals surface area contributed by atoms with Crippen LogP contribution in [0.5, 0.6) is 11.5 Å². The summed E-state index contributed by atoms with van der Waals surface area (Å²) in [6.07, 6.45) is 4.51. The Bertz CT molecular complexity index is 489. The number of ether oxygens (including phenoxy) is 3. The molecule has 5 heteroatoms. The number of aliphatic carboxylic acids is 1. The van der Waals surface area contributed by atoms with Crippen LogP contribution in [0.1, 0.15) is 18.4 Å². The third kappa shape index (κ3) is 3.99. The molecule has 0 bridgehead atoms. The Morgan fingerprint density at radius 1 is 1.50 bits per heavy atom. The molecule has 1 aromatic carbocycles. The molecule has 1 heterocycles. The minimum atomic E-state index is -1.00. The summed E-state index contributed by atoms with van der Waals surface area (Å²) in [5, 5.41) is 8.73. The predicted octanol–water partition coefficient (Wildman–Crippen LogP) is 2.35. The van der Waals surface area contributed by atoms with Crippen molar-refractivity contribution in [1.82, 2.24) is 0 Å². The lowest BCUT2D eigenvalue weighted by atomic mass is 10.1. The highest BCUT2D eigenvalue weighted by Crippen LogP contribution is 2.27. The van der Waals surface area contributed by atoms with Crippen LogP contribution in [0.15, 0.2) is 24.3 Å². The van der Waals surface area contributed by atoms with E-state index in [-0.39, 0.29) is 6.10 Å². The Kier molecular flexibility index (Phi) is 5.01. The number of rotatable bonds is 5. The minimum Gasteiger partial charge on any atom is -0.497 e. The van der Waals surface area contributed by atoms with Gasteiger partial charge in [0.05, 0.1) is 13.7 Å². The summed E-state index contributed by atoms with van der Waals surface area (Å²) < 4.78 is 16.4. The van der Waals surface area contributed by atoms with Gasteiger partial charge in [-0.1, -0.05) is 0 Å². The summed E-state index contributed by atoms with van der Waals surface area (Å²) in [5.74, 6) is 0.292. The second kappa shape index (κ2) is 6.96. The van der Waals surface area contributed by atoms with Crippen molar-refractivity contribution in [3.05, 3.63) is 29.8 Å². The van der Waals surface area contributed by atoms with Crippen molar-refractivity contribution in [2.45, 2.75) is 18.9 Å². The lowest BCUT2D eigenvalue weighted by Crippen LogP contribution is -2.28. The van der Waals surface area contributed by atoms with E-state index in [2.05, 4.69) is 0 Å². The number of benzene rings is 1. The fraction of sp³-hybridized carbons (Fsp3) is 0.400. The van der Waals surface area contributed by atoms with Crippen LogP contribution in [0, 0.1) is 0 Å². The minimum absolute atomic E-state index is 0.00845. The van der Waals surface area contributed by atoms with Crippen molar-refractivity contribution < 1.29 is 24.1 Å². The Balaban J connectivity index is 2.18. The molecular formula is C15H18O5. The molecule has 1 atom stereocenters. The zero-order valence-electron chi connectivity index (χ0n) is 11.4. The summed E-state index contributed by atoms with van der Waals surface area (Å²) in [5.41, 5.74) is 0.678. The van der Waals surface area contributed by atoms with Gasteiger partial charge in [0.15, 0.2) is 0 Å². The van der Waals surface area contributed by atoms with Crippen LogP contribution in [-0.4, -0.2) is 37.5 Å². The van der Waals surface area contributed by atoms with Crippen molar-refractivity contribution in [3.63, 3.8) is 0 Å². The third-order valence-electron chi connectivity index (χ3n) is 3.03. The highest BCUT2D eigenvalue weighted by Gasteiger charge is 2.16. The average Bonchev–Trinajstić information content (AvgIpc) is 2.47. The van der Waals surface area contributed by atoms with Crippen LogP contribution >= 0.6 is 0 Å². The van der Waals surface area contributed by atoms with E-state index < -0.39 is 5.97 Å². The molecule has 1 fully saturated rings. The van der Waals surface area contributed by atoms with Crippen LogP contribution in [0.4, 0.5) is 0 Å². The van der Waals surface area contributed by atoms with Crippen molar-refractivity contribution in [2.75, 3.05) is 20.3 Å². The van der Waals surface area contributed by atoms with Crippen molar-refractivity contribution in [2.24, 2.45) is 0 Å². The van der Waals surface area contributed by atoms with Crippen LogP contribution in [0.2, 0.25) is 0 Å². The first-order valence-corrected chi connectivity index (χ1v) is 6.52. The zero-order valence-corrected chi connectivity index (χ0v) is 11.4. The zero-order chi connectivity index (χ0) is 14.4. The molecule has 1 saturated heterocycles. The van der Waals surface area contributed by atoms with E-state index in [9.17, 15) is 4.79 Å². The van der Waals surface area contributed by atoms with Gasteiger partial charge in [0.1, 0.15) is 17.6 Å². The molecular weight excluding hydrogens is 260 g/mol. The highest BCUT2D eigenvalue weighted by molar-refractivity contribution is 5.86. The lowest BCUT2D eigenvalue weighted by Gasteiger charge is -2.24. The molecule has 20 heavy (non-hydrogen) atoms. The molecule has 1 unspecified atom stereocenters. The normalized spacial score (nSPS) is 18.9. The number of carboxylic acids is 1. The molecule has 0 spiro atoms. The quantitative estimate of drug-likeness (QED) is 0.837. The monoisotopic (exact) mass is 278 g/mol. The maximum Gasteiger partial charge on any atom is 0.328 e. The second-order valence-electron chi connectivity index (χ2n) is 4.53. The molecule has 5 nitrogen and oxygen atoms in total. The van der Waals surface area contributed by atoms with E-state index in [1.54, 1.807) is 25.3 Å². The van der Waals surface area contributed by atoms with E-state index in [0.717, 1.165) is 25.5 Å². The van der Waals surface area contributed by atoms with Gasteiger partial charge >= 0.3 is 5.97 Å². The van der Waals surface area contributed by atoms with E-state index in [1.807, 2.05) is 0 Å². The van der Waals surface area contributed by atoms with E-state index in [4.69, 9.17) is 19.3 Å². The summed E-state index contributed by atoms with van der Waals surface area (Å²) in [6.45, 7) is 1.34. The predicted molar refractivity (Wildman–Crippen MR) is 74.1 cm³/mol. The lowest BCUT2D eigenvalue weighted by molar-refractivity contribution is -0.131. The van der Waals surface area contributed by atoms with Crippen LogP contribution < -0.4 is 9.47 Å². The summed E-state index contributed by atoms with van der Waals surface area (Å²) in [6, 6.07) is 5.32. The molecule has 0 amide bonds. The molecule has 1 N–H and O–H groups in total. The largest absolute Gasteiger partial charge is 0.497 e. The molecule has 0 aliphatic carbocycles. The SMILES string of the molecule is COc1ccc(OC2CCCOC2)c(/C=C/C(=O)O)c1. The first-order valence-electron chi connectivity index (χ1n) is 6.52. The molecule has 108 valence electrons. The van der Waals surface area contributed by atoms with Gasteiger partial charge in [0.2, 0.25) is 0 Å². The number of hydrogen-bond acceptors (Lipinski definition) is 4. The van der Waals surface area contributed by atoms with Crippen LogP contribution in [0.3, 0.4) is 0 Å². The van der Waals surface area contributed by atoms with Crippen molar-refractivity contribution in [1.29, 1.82) is 0 Å². The molecule has 1 aromatic rings. The molecule has 2 rings (SSSR count). The fourth-order valence-corrected chi connectivity index (χ4v) is 2.04. The average molecular weight is 278 g/mol. The Morgan fingerprint density at radius 2 is 2.35 bits per heavy atom. The summed E-state index contributed by atoms with van der Waals surface area (Å²) in [4.78, 5) is 10.6. The van der Waals surface area contributed by atoms with E-state index in [1.165, 1.54) is 6.08 Å². The number of hydrogen-bond donors (Lipinski definition) is 1. The molecule has 1 aliphatic rings. The van der Waals surface area contributed by atoms with E-state index >= 15 is 0 Å². The van der Waals surface area contributed by atoms with Gasteiger partial charge in [-0.2, -0.15) is 0 Å². The Morgan fingerprint density at radius 3 is 3.00 bits per heavy atom. The Labute approximate surface area is 117 Å². The first-order chi connectivity index (χ1) is 9.69. The van der Waals surface area contributed by atoms with Gasteiger partial charge in [-0.15, -0.1) is 0 Å². The van der Waals surface area contributed by atoms with Gasteiger partial charge in [-0.05, 0) is 37.1 Å². The van der Waals surface area contributed by atoms with Crippen LogP contribution in [0.25, 0.3) is 6.08 Å². The smallest absolute Gasteiger partial charge is 0.328 e.